The van der Waals surface area contributed by atoms with Crippen LogP contribution in [0.15, 0.2) is 94.8 Å². The second-order valence-electron chi connectivity index (χ2n) is 12.7. The average molecular weight is 853 g/mol. The molecule has 310 valence electrons. The van der Waals surface area contributed by atoms with Gasteiger partial charge in [0.05, 0.1) is 12.3 Å². The van der Waals surface area contributed by atoms with Gasteiger partial charge < -0.3 is 14.5 Å². The zero-order valence-electron chi connectivity index (χ0n) is 31.7. The summed E-state index contributed by atoms with van der Waals surface area (Å²) in [6, 6.07) is 23.7. The van der Waals surface area contributed by atoms with Crippen LogP contribution in [0.5, 0.6) is 5.75 Å². The van der Waals surface area contributed by atoms with Crippen LogP contribution >= 0.6 is 0 Å². The van der Waals surface area contributed by atoms with Gasteiger partial charge in [-0.3, -0.25) is 4.99 Å². The molecule has 0 bridgehead atoms. The normalized spacial score (nSPS) is 14.7. The van der Waals surface area contributed by atoms with Crippen LogP contribution in [-0.2, 0) is 20.0 Å². The third kappa shape index (κ3) is 8.93. The van der Waals surface area contributed by atoms with Gasteiger partial charge in [0.25, 0.3) is 10.0 Å². The third-order valence-corrected chi connectivity index (χ3v) is 12.5. The summed E-state index contributed by atoms with van der Waals surface area (Å²) in [5, 5.41) is 0. The number of rotatable bonds is 15. The van der Waals surface area contributed by atoms with E-state index in [1.165, 1.54) is 0 Å². The van der Waals surface area contributed by atoms with Gasteiger partial charge in [-0.15, -0.1) is 0 Å². The zero-order valence-corrected chi connectivity index (χ0v) is 33.3. The first-order chi connectivity index (χ1) is 27.4. The van der Waals surface area contributed by atoms with E-state index in [1.807, 2.05) is 67.6 Å². The molecule has 18 heteroatoms. The maximum atomic E-state index is 14.9. The van der Waals surface area contributed by atoms with E-state index in [2.05, 4.69) is 48.0 Å². The third-order valence-electron chi connectivity index (χ3n) is 9.27. The molecule has 0 aromatic heterocycles. The van der Waals surface area contributed by atoms with Crippen LogP contribution in [0.2, 0.25) is 0 Å². The number of fused-ring (bicyclic) bond motifs is 1. The van der Waals surface area contributed by atoms with Crippen molar-refractivity contribution in [1.82, 2.24) is 4.13 Å². The Hall–Kier alpha value is -5.20. The lowest BCUT2D eigenvalue weighted by molar-refractivity contribution is -0.0441. The Morgan fingerprint density at radius 2 is 1.19 bits per heavy atom. The molecule has 0 aliphatic heterocycles. The summed E-state index contributed by atoms with van der Waals surface area (Å²) in [4.78, 5) is 6.01. The summed E-state index contributed by atoms with van der Waals surface area (Å²) in [6.45, 7) is 9.81. The summed E-state index contributed by atoms with van der Waals surface area (Å²) in [7, 11) is -13.1. The molecule has 0 amide bonds. The molecule has 1 N–H and O–H groups in total. The molecule has 0 fully saturated rings. The topological polar surface area (TPSA) is 108 Å². The van der Waals surface area contributed by atoms with Crippen LogP contribution < -0.4 is 18.7 Å². The van der Waals surface area contributed by atoms with Crippen LogP contribution in [0.4, 0.5) is 42.1 Å². The number of halogens is 7. The molecule has 0 saturated heterocycles. The molecule has 5 rings (SSSR count). The number of sulfonamides is 2. The molecule has 58 heavy (non-hydrogen) atoms. The molecule has 0 radical (unpaired) electrons. The fourth-order valence-corrected chi connectivity index (χ4v) is 8.99. The fraction of sp³-hybridized carbons (Fsp3) is 0.275. The van der Waals surface area contributed by atoms with Crippen LogP contribution in [-0.4, -0.2) is 67.4 Å². The Labute approximate surface area is 332 Å². The lowest BCUT2D eigenvalue weighted by Gasteiger charge is -2.25. The van der Waals surface area contributed by atoms with E-state index in [9.17, 15) is 47.6 Å². The van der Waals surface area contributed by atoms with Gasteiger partial charge in [0.1, 0.15) is 6.61 Å². The van der Waals surface area contributed by atoms with Gasteiger partial charge in [-0.1, -0.05) is 58.7 Å². The number of alkyl halides is 3. The molecule has 0 atom stereocenters. The zero-order chi connectivity index (χ0) is 42.6. The number of hydrogen-bond donors (Lipinski definition) is 1. The number of hydrogen-bond acceptors (Lipinski definition) is 8. The van der Waals surface area contributed by atoms with Crippen LogP contribution in [0, 0.1) is 23.3 Å². The molecule has 0 spiro atoms. The standard InChI is InChI=1S/C40H39F7N4O5S2/c1-5-48-32-22-21-31(29-11-9-10-12-30(29)32)33(25-13-17-27(18-14-25)50(6-2)7-3)26-15-19-28(20-16-26)51(8-4)23-24-56-38-34(41)36(43)39(37(44)35(38)42)57(52,53)49-58(54,55)40(45,46)47/h9-22,49H,5-8,23-24H2,1-4H3. The second-order valence-corrected chi connectivity index (χ2v) is 16.2. The van der Waals surface area contributed by atoms with E-state index in [0.717, 1.165) is 57.9 Å². The SMILES string of the molecule is CCN=C1C=CC(=C(c2ccc(N(CC)CC)cc2)c2ccc(N(CC)CCOc3c(F)c(F)c(S(=O)(=O)NS(=O)(=O)C(F)(F)F)c(F)c3F)cc2)c2ccccc21. The lowest BCUT2D eigenvalue weighted by atomic mass is 9.83. The van der Waals surface area contributed by atoms with Gasteiger partial charge in [-0.2, -0.15) is 22.0 Å². The smallest absolute Gasteiger partial charge is 0.486 e. The van der Waals surface area contributed by atoms with Crippen molar-refractivity contribution >= 4 is 48.3 Å². The Morgan fingerprint density at radius 3 is 1.67 bits per heavy atom. The van der Waals surface area contributed by atoms with Crippen molar-refractivity contribution in [2.45, 2.75) is 38.1 Å². The quantitative estimate of drug-likeness (QED) is 0.0945. The van der Waals surface area contributed by atoms with E-state index in [4.69, 9.17) is 4.74 Å². The predicted molar refractivity (Wildman–Crippen MR) is 210 cm³/mol. The van der Waals surface area contributed by atoms with Gasteiger partial charge >= 0.3 is 15.5 Å². The number of allylic oxidation sites excluding steroid dienone is 3. The minimum atomic E-state index is -6.74. The van der Waals surface area contributed by atoms with Crippen LogP contribution in [0.1, 0.15) is 49.9 Å². The summed E-state index contributed by atoms with van der Waals surface area (Å²) < 4.78 is 149. The number of anilines is 2. The highest BCUT2D eigenvalue weighted by Crippen LogP contribution is 2.39. The van der Waals surface area contributed by atoms with Crippen molar-refractivity contribution < 1.29 is 52.3 Å². The van der Waals surface area contributed by atoms with Gasteiger partial charge in [-0.05, 0) is 85.9 Å². The maximum absolute atomic E-state index is 14.9. The van der Waals surface area contributed by atoms with Crippen LogP contribution in [0.25, 0.3) is 11.1 Å². The first-order valence-electron chi connectivity index (χ1n) is 18.0. The van der Waals surface area contributed by atoms with E-state index in [-0.39, 0.29) is 10.7 Å². The number of nitrogens with one attached hydrogen (secondary N) is 1. The minimum absolute atomic E-state index is 0.0342. The first kappa shape index (κ1) is 43.9. The second kappa shape index (κ2) is 17.7. The highest BCUT2D eigenvalue weighted by Gasteiger charge is 2.50. The first-order valence-corrected chi connectivity index (χ1v) is 21.0. The molecule has 1 aliphatic rings. The number of ether oxygens (including phenoxy) is 1. The Morgan fingerprint density at radius 1 is 0.690 bits per heavy atom. The Kier molecular flexibility index (Phi) is 13.4. The predicted octanol–water partition coefficient (Wildman–Crippen LogP) is 8.46. The number of likely N-dealkylation sites (N-methyl/N-ethyl adjacent to an activating group) is 1. The van der Waals surface area contributed by atoms with Crippen molar-refractivity contribution in [1.29, 1.82) is 0 Å². The highest BCUT2D eigenvalue weighted by atomic mass is 32.3. The Bertz CT molecular complexity index is 2440. The highest BCUT2D eigenvalue weighted by molar-refractivity contribution is 8.05. The van der Waals surface area contributed by atoms with Gasteiger partial charge in [-0.25, -0.2) is 25.6 Å². The van der Waals surface area contributed by atoms with Crippen molar-refractivity contribution in [2.75, 3.05) is 49.1 Å². The Balaban J connectivity index is 1.44. The molecule has 0 unspecified atom stereocenters. The fourth-order valence-electron chi connectivity index (χ4n) is 6.47. The summed E-state index contributed by atoms with van der Waals surface area (Å²) in [5.74, 6) is -11.9. The number of benzene rings is 4. The number of aliphatic imine (C=N–C) groups is 1. The van der Waals surface area contributed by atoms with Gasteiger partial charge in [0.15, 0.2) is 22.3 Å². The lowest BCUT2D eigenvalue weighted by Crippen LogP contribution is -2.41. The molecular formula is C40H39F7N4O5S2. The monoisotopic (exact) mass is 852 g/mol. The molecule has 0 heterocycles. The molecular weight excluding hydrogens is 814 g/mol. The van der Waals surface area contributed by atoms with E-state index in [1.54, 1.807) is 11.8 Å². The van der Waals surface area contributed by atoms with E-state index >= 15 is 0 Å². The summed E-state index contributed by atoms with van der Waals surface area (Å²) in [5.41, 5.74) is 2.05. The molecule has 0 saturated carbocycles. The summed E-state index contributed by atoms with van der Waals surface area (Å²) in [6.07, 6.45) is 4.03. The van der Waals surface area contributed by atoms with Crippen molar-refractivity contribution in [3.63, 3.8) is 0 Å². The molecule has 1 aliphatic carbocycles. The van der Waals surface area contributed by atoms with Crippen molar-refractivity contribution in [3.05, 3.63) is 130 Å². The largest absolute Gasteiger partial charge is 0.512 e. The average Bonchev–Trinajstić information content (AvgIpc) is 3.18. The van der Waals surface area contributed by atoms with Crippen LogP contribution in [0.3, 0.4) is 0 Å². The van der Waals surface area contributed by atoms with Crippen molar-refractivity contribution in [2.24, 2.45) is 4.99 Å². The van der Waals surface area contributed by atoms with Gasteiger partial charge in [0, 0.05) is 43.1 Å². The van der Waals surface area contributed by atoms with E-state index in [0.29, 0.717) is 18.8 Å². The minimum Gasteiger partial charge on any atom is -0.486 e. The molecule has 4 aromatic carbocycles. The van der Waals surface area contributed by atoms with Gasteiger partial charge in [0.2, 0.25) is 11.6 Å². The molecule has 4 aromatic rings. The number of nitrogens with zero attached hydrogens (tertiary/aromatic N) is 3. The summed E-state index contributed by atoms with van der Waals surface area (Å²) >= 11 is 0. The van der Waals surface area contributed by atoms with E-state index < -0.39 is 66.1 Å². The van der Waals surface area contributed by atoms with Crippen molar-refractivity contribution in [3.8, 4) is 5.75 Å². The molecule has 9 nitrogen and oxygen atoms in total. The maximum Gasteiger partial charge on any atom is 0.512 e.